The van der Waals surface area contributed by atoms with Crippen molar-refractivity contribution in [2.45, 2.75) is 25.9 Å². The molecule has 0 saturated carbocycles. The van der Waals surface area contributed by atoms with Crippen molar-refractivity contribution >= 4 is 34.6 Å². The number of ether oxygens (including phenoxy) is 2. The number of nitrogens with one attached hydrogen (secondary N) is 2. The minimum absolute atomic E-state index is 0.167. The number of para-hydroxylation sites is 1. The molecule has 1 fully saturated rings. The molecule has 1 atom stereocenters. The summed E-state index contributed by atoms with van der Waals surface area (Å²) in [4.78, 5) is 35.1. The molecule has 1 aliphatic heterocycles. The van der Waals surface area contributed by atoms with Gasteiger partial charge in [0.1, 0.15) is 12.1 Å². The number of nitrogens with zero attached hydrogens (tertiary/aromatic N) is 5. The summed E-state index contributed by atoms with van der Waals surface area (Å²) in [7, 11) is 1.57. The zero-order valence-electron chi connectivity index (χ0n) is 23.4. The molecule has 44 heavy (non-hydrogen) atoms. The number of hydrogen-bond acceptors (Lipinski definition) is 8. The fourth-order valence-electron chi connectivity index (χ4n) is 4.30. The second-order valence-corrected chi connectivity index (χ2v) is 10.4. The van der Waals surface area contributed by atoms with Crippen molar-refractivity contribution in [1.82, 2.24) is 25.6 Å². The average molecular weight is 626 g/mol. The first-order valence-corrected chi connectivity index (χ1v) is 14.1. The van der Waals surface area contributed by atoms with Crippen LogP contribution in [0.4, 0.5) is 23.7 Å². The van der Waals surface area contributed by atoms with E-state index in [1.807, 2.05) is 43.3 Å². The monoisotopic (exact) mass is 625 g/mol. The molecule has 5 rings (SSSR count). The molecule has 228 valence electrons. The molecule has 4 aromatic rings. The number of alkyl halides is 3. The van der Waals surface area contributed by atoms with Crippen molar-refractivity contribution in [3.05, 3.63) is 90.3 Å². The second-order valence-electron chi connectivity index (χ2n) is 9.45. The highest BCUT2D eigenvalue weighted by Gasteiger charge is 2.32. The lowest BCUT2D eigenvalue weighted by atomic mass is 10.1. The van der Waals surface area contributed by atoms with Gasteiger partial charge in [0.05, 0.1) is 23.7 Å². The number of aliphatic imine (C=N–C) groups is 1. The van der Waals surface area contributed by atoms with E-state index in [2.05, 4.69) is 30.7 Å². The molecule has 3 amide bonds. The van der Waals surface area contributed by atoms with E-state index in [0.717, 1.165) is 11.1 Å². The average Bonchev–Trinajstić information content (AvgIpc) is 3.63. The summed E-state index contributed by atoms with van der Waals surface area (Å²) in [6, 6.07) is 18.9. The smallest absolute Gasteiger partial charge is 0.406 e. The van der Waals surface area contributed by atoms with E-state index in [9.17, 15) is 22.8 Å². The molecule has 0 bridgehead atoms. The van der Waals surface area contributed by atoms with Gasteiger partial charge < -0.3 is 9.47 Å². The largest absolute Gasteiger partial charge is 0.573 e. The van der Waals surface area contributed by atoms with Crippen LogP contribution in [0.1, 0.15) is 24.1 Å². The van der Waals surface area contributed by atoms with Crippen LogP contribution in [0.5, 0.6) is 5.75 Å². The summed E-state index contributed by atoms with van der Waals surface area (Å²) in [5, 5.41) is 4.68. The Morgan fingerprint density at radius 1 is 1.09 bits per heavy atom. The zero-order valence-corrected chi connectivity index (χ0v) is 24.2. The third kappa shape index (κ3) is 7.42. The maximum absolute atomic E-state index is 12.7. The third-order valence-electron chi connectivity index (χ3n) is 6.39. The Kier molecular flexibility index (Phi) is 9.27. The Hall–Kier alpha value is -4.73. The number of halogens is 3. The van der Waals surface area contributed by atoms with Crippen molar-refractivity contribution < 1.29 is 32.2 Å². The van der Waals surface area contributed by atoms with Crippen LogP contribution in [-0.4, -0.2) is 51.1 Å². The van der Waals surface area contributed by atoms with Gasteiger partial charge in [0.25, 0.3) is 0 Å². The molecule has 0 spiro atoms. The Bertz CT molecular complexity index is 1660. The highest BCUT2D eigenvalue weighted by atomic mass is 32.2. The lowest BCUT2D eigenvalue weighted by molar-refractivity contribution is -0.274. The minimum Gasteiger partial charge on any atom is -0.406 e. The number of carbonyl (C=O) groups excluding carboxylic acids is 2. The van der Waals surface area contributed by atoms with Crippen LogP contribution in [0.3, 0.4) is 0 Å². The van der Waals surface area contributed by atoms with Gasteiger partial charge in [0.15, 0.2) is 11.0 Å². The minimum atomic E-state index is -4.77. The highest BCUT2D eigenvalue weighted by molar-refractivity contribution is 8.15. The Morgan fingerprint density at radius 3 is 2.52 bits per heavy atom. The van der Waals surface area contributed by atoms with Gasteiger partial charge in [0, 0.05) is 24.3 Å². The summed E-state index contributed by atoms with van der Waals surface area (Å²) in [6.45, 7) is 2.15. The summed E-state index contributed by atoms with van der Waals surface area (Å²) < 4.78 is 47.8. The molecule has 1 aromatic heterocycles. The molecule has 11 nitrogen and oxygen atoms in total. The predicted octanol–water partition coefficient (Wildman–Crippen LogP) is 5.39. The topological polar surface area (TPSA) is 123 Å². The lowest BCUT2D eigenvalue weighted by Crippen LogP contribution is -2.39. The third-order valence-corrected chi connectivity index (χ3v) is 7.31. The van der Waals surface area contributed by atoms with E-state index < -0.39 is 12.4 Å². The van der Waals surface area contributed by atoms with Gasteiger partial charge >= 0.3 is 12.4 Å². The Balaban J connectivity index is 1.19. The van der Waals surface area contributed by atoms with Crippen LogP contribution in [0, 0.1) is 0 Å². The molecular formula is C29H26F3N7O4S. The van der Waals surface area contributed by atoms with Gasteiger partial charge in [0.2, 0.25) is 5.91 Å². The summed E-state index contributed by atoms with van der Waals surface area (Å²) in [5.41, 5.74) is 8.97. The number of hydrogen-bond donors (Lipinski definition) is 2. The maximum Gasteiger partial charge on any atom is 0.573 e. The van der Waals surface area contributed by atoms with E-state index in [0.29, 0.717) is 29.4 Å². The highest BCUT2D eigenvalue weighted by Crippen LogP contribution is 2.30. The van der Waals surface area contributed by atoms with E-state index in [-0.39, 0.29) is 28.6 Å². The second kappa shape index (κ2) is 13.3. The molecule has 0 aliphatic carbocycles. The van der Waals surface area contributed by atoms with Crippen LogP contribution < -0.4 is 20.5 Å². The molecule has 2 N–H and O–H groups in total. The van der Waals surface area contributed by atoms with Crippen molar-refractivity contribution in [3.63, 3.8) is 0 Å². The molecule has 15 heteroatoms. The summed E-state index contributed by atoms with van der Waals surface area (Å²) in [6.07, 6.45) is -3.31. The number of methoxy groups -OCH3 is 1. The fourth-order valence-corrected chi connectivity index (χ4v) is 5.16. The van der Waals surface area contributed by atoms with E-state index in [1.54, 1.807) is 19.2 Å². The van der Waals surface area contributed by atoms with Gasteiger partial charge in [-0.2, -0.15) is 4.99 Å². The first-order chi connectivity index (χ1) is 21.1. The van der Waals surface area contributed by atoms with Crippen LogP contribution in [0.25, 0.3) is 17.1 Å². The molecular weight excluding hydrogens is 599 g/mol. The fraction of sp³-hybridized carbons (Fsp3) is 0.207. The number of amidine groups is 1. The number of anilines is 1. The zero-order chi connectivity index (χ0) is 31.3. The number of urea groups is 1. The number of hydrazine groups is 1. The van der Waals surface area contributed by atoms with Crippen LogP contribution in [0.15, 0.2) is 84.1 Å². The van der Waals surface area contributed by atoms with E-state index in [4.69, 9.17) is 4.74 Å². The molecule has 3 aromatic carbocycles. The van der Waals surface area contributed by atoms with Gasteiger partial charge in [-0.3, -0.25) is 15.1 Å². The number of carbonyl (C=O) groups is 2. The number of thioether (sulfide) groups is 1. The van der Waals surface area contributed by atoms with E-state index in [1.165, 1.54) is 51.9 Å². The molecule has 1 aliphatic rings. The van der Waals surface area contributed by atoms with Gasteiger partial charge in [-0.25, -0.2) is 19.9 Å². The van der Waals surface area contributed by atoms with Gasteiger partial charge in [-0.15, -0.1) is 18.3 Å². The standard InChI is InChI=1S/C29H26F3N7O4S/c1-18(35-36-27(41)34-28-39(25(40)16-44-28)24-6-4-3-5-21(24)15-42-2)19-7-9-20(10-8-19)26-33-17-38(37-26)22-11-13-23(14-12-22)43-29(30,31)32/h3-14,17-18,35H,15-16H2,1-2H3,(H,36,41)/b34-28-. The number of benzene rings is 3. The Labute approximate surface area is 254 Å². The lowest BCUT2D eigenvalue weighted by Gasteiger charge is -2.19. The Morgan fingerprint density at radius 2 is 1.82 bits per heavy atom. The molecule has 1 unspecified atom stereocenters. The maximum atomic E-state index is 12.7. The normalized spacial score (nSPS) is 15.1. The quantitative estimate of drug-likeness (QED) is 0.238. The first-order valence-electron chi connectivity index (χ1n) is 13.2. The van der Waals surface area contributed by atoms with Crippen molar-refractivity contribution in [2.75, 3.05) is 17.8 Å². The number of amides is 3. The van der Waals surface area contributed by atoms with Crippen molar-refractivity contribution in [2.24, 2.45) is 4.99 Å². The van der Waals surface area contributed by atoms with Crippen molar-refractivity contribution in [3.8, 4) is 22.8 Å². The van der Waals surface area contributed by atoms with Crippen molar-refractivity contribution in [1.29, 1.82) is 0 Å². The molecule has 2 heterocycles. The molecule has 0 radical (unpaired) electrons. The van der Waals surface area contributed by atoms with Crippen LogP contribution in [0.2, 0.25) is 0 Å². The van der Waals surface area contributed by atoms with Crippen LogP contribution >= 0.6 is 11.8 Å². The summed E-state index contributed by atoms with van der Waals surface area (Å²) in [5.74, 6) is 0.0677. The molecule has 1 saturated heterocycles. The SMILES string of the molecule is COCc1ccccc1N1C(=O)CS/C1=N\C(=O)NNC(C)c1ccc(-c2ncn(-c3ccc(OC(F)(F)F)cc3)n2)cc1. The predicted molar refractivity (Wildman–Crippen MR) is 158 cm³/mol. The van der Waals surface area contributed by atoms with E-state index >= 15 is 0 Å². The van der Waals surface area contributed by atoms with Gasteiger partial charge in [-0.05, 0) is 42.8 Å². The summed E-state index contributed by atoms with van der Waals surface area (Å²) >= 11 is 1.18. The number of aromatic nitrogens is 3. The number of rotatable bonds is 9. The van der Waals surface area contributed by atoms with Gasteiger partial charge in [-0.1, -0.05) is 54.2 Å². The van der Waals surface area contributed by atoms with Crippen LogP contribution in [-0.2, 0) is 16.1 Å². The first kappa shape index (κ1) is 30.7.